The summed E-state index contributed by atoms with van der Waals surface area (Å²) in [7, 11) is 0. The normalized spacial score (nSPS) is 10.4. The molecule has 6 heteroatoms. The van der Waals surface area contributed by atoms with E-state index in [9.17, 15) is 9.18 Å². The zero-order valence-corrected chi connectivity index (χ0v) is 12.8. The molecule has 2 aromatic carbocycles. The maximum Gasteiger partial charge on any atom is 0.255 e. The lowest BCUT2D eigenvalue weighted by atomic mass is 10.1. The summed E-state index contributed by atoms with van der Waals surface area (Å²) in [5, 5.41) is 3.10. The predicted molar refractivity (Wildman–Crippen MR) is 82.7 cm³/mol. The summed E-state index contributed by atoms with van der Waals surface area (Å²) in [5.74, 6) is -0.960. The van der Waals surface area contributed by atoms with Gasteiger partial charge in [0, 0.05) is 27.0 Å². The highest BCUT2D eigenvalue weighted by Gasteiger charge is 2.12. The number of halogens is 3. The molecule has 0 aliphatic carbocycles. The fraction of sp³-hybridized carbons (Fsp3) is 0.0714. The van der Waals surface area contributed by atoms with E-state index < -0.39 is 11.7 Å². The number of carbonyl (C=O) groups is 1. The van der Waals surface area contributed by atoms with Gasteiger partial charge in [0.1, 0.15) is 5.82 Å². The maximum atomic E-state index is 13.6. The Balaban J connectivity index is 2.26. The molecule has 0 heterocycles. The average molecular weight is 358 g/mol. The molecule has 2 aromatic rings. The molecule has 3 nitrogen and oxygen atoms in total. The minimum absolute atomic E-state index is 0.157. The van der Waals surface area contributed by atoms with Crippen molar-refractivity contribution in [2.75, 3.05) is 11.1 Å². The molecule has 1 amide bonds. The molecule has 0 saturated heterocycles. The smallest absolute Gasteiger partial charge is 0.255 e. The van der Waals surface area contributed by atoms with Crippen molar-refractivity contribution < 1.29 is 9.18 Å². The fourth-order valence-electron chi connectivity index (χ4n) is 1.61. The summed E-state index contributed by atoms with van der Waals surface area (Å²) in [6.07, 6.45) is 0. The zero-order chi connectivity index (χ0) is 14.9. The Morgan fingerprint density at radius 3 is 2.65 bits per heavy atom. The van der Waals surface area contributed by atoms with Crippen LogP contribution < -0.4 is 11.1 Å². The van der Waals surface area contributed by atoms with Gasteiger partial charge in [0.2, 0.25) is 0 Å². The van der Waals surface area contributed by atoms with E-state index in [4.69, 9.17) is 17.3 Å². The number of benzene rings is 2. The molecule has 0 unspecified atom stereocenters. The molecule has 0 aliphatic heterocycles. The summed E-state index contributed by atoms with van der Waals surface area (Å²) < 4.78 is 14.3. The fourth-order valence-corrected chi connectivity index (χ4v) is 2.04. The molecule has 0 bridgehead atoms. The van der Waals surface area contributed by atoms with Crippen LogP contribution in [0.1, 0.15) is 15.9 Å². The second-order valence-electron chi connectivity index (χ2n) is 4.26. The quantitative estimate of drug-likeness (QED) is 0.783. The number of hydrogen-bond acceptors (Lipinski definition) is 2. The first-order chi connectivity index (χ1) is 9.38. The Morgan fingerprint density at radius 2 is 2.05 bits per heavy atom. The number of hydrogen-bond donors (Lipinski definition) is 2. The van der Waals surface area contributed by atoms with Gasteiger partial charge in [-0.2, -0.15) is 0 Å². The van der Waals surface area contributed by atoms with Gasteiger partial charge in [0.05, 0.1) is 5.02 Å². The summed E-state index contributed by atoms with van der Waals surface area (Å²) >= 11 is 9.19. The van der Waals surface area contributed by atoms with Crippen LogP contribution in [0.25, 0.3) is 0 Å². The van der Waals surface area contributed by atoms with E-state index in [1.54, 1.807) is 25.1 Å². The molecule has 0 fully saturated rings. The Hall–Kier alpha value is -1.59. The third-order valence-electron chi connectivity index (χ3n) is 2.82. The molecule has 104 valence electrons. The first-order valence-electron chi connectivity index (χ1n) is 5.70. The van der Waals surface area contributed by atoms with Crippen LogP contribution in [0.2, 0.25) is 5.02 Å². The molecule has 0 aliphatic rings. The number of nitrogen functional groups attached to an aromatic ring is 1. The summed E-state index contributed by atoms with van der Waals surface area (Å²) in [5.41, 5.74) is 6.89. The van der Waals surface area contributed by atoms with E-state index in [1.165, 1.54) is 6.07 Å². The monoisotopic (exact) mass is 356 g/mol. The third-order valence-corrected chi connectivity index (χ3v) is 4.06. The van der Waals surface area contributed by atoms with Gasteiger partial charge in [-0.05, 0) is 53.2 Å². The largest absolute Gasteiger partial charge is 0.398 e. The molecular weight excluding hydrogens is 347 g/mol. The van der Waals surface area contributed by atoms with Crippen LogP contribution in [0.15, 0.2) is 34.8 Å². The maximum absolute atomic E-state index is 13.6. The number of nitrogens with two attached hydrogens (primary N) is 1. The van der Waals surface area contributed by atoms with E-state index in [1.807, 2.05) is 0 Å². The Morgan fingerprint density at radius 1 is 1.35 bits per heavy atom. The lowest BCUT2D eigenvalue weighted by Crippen LogP contribution is -2.13. The van der Waals surface area contributed by atoms with Crippen LogP contribution in [-0.2, 0) is 0 Å². The van der Waals surface area contributed by atoms with E-state index in [0.29, 0.717) is 16.3 Å². The molecule has 0 atom stereocenters. The second-order valence-corrected chi connectivity index (χ2v) is 5.52. The number of anilines is 2. The lowest BCUT2D eigenvalue weighted by Gasteiger charge is -2.09. The first kappa shape index (κ1) is 14.8. The van der Waals surface area contributed by atoms with Crippen molar-refractivity contribution in [2.45, 2.75) is 6.92 Å². The minimum Gasteiger partial charge on any atom is -0.398 e. The van der Waals surface area contributed by atoms with E-state index in [2.05, 4.69) is 21.2 Å². The number of rotatable bonds is 2. The van der Waals surface area contributed by atoms with Crippen LogP contribution in [0, 0.1) is 12.7 Å². The van der Waals surface area contributed by atoms with Crippen LogP contribution >= 0.6 is 27.5 Å². The highest BCUT2D eigenvalue weighted by atomic mass is 79.9. The van der Waals surface area contributed by atoms with Gasteiger partial charge in [-0.1, -0.05) is 11.6 Å². The van der Waals surface area contributed by atoms with Crippen molar-refractivity contribution in [1.29, 1.82) is 0 Å². The van der Waals surface area contributed by atoms with Crippen molar-refractivity contribution in [3.05, 3.63) is 56.8 Å². The minimum atomic E-state index is -0.510. The highest BCUT2D eigenvalue weighted by Crippen LogP contribution is 2.26. The predicted octanol–water partition coefficient (Wildman–Crippen LogP) is 4.38. The second kappa shape index (κ2) is 5.81. The molecule has 2 rings (SSSR count). The standard InChI is InChI=1S/C14H11BrClFN2O/c1-7-12(17)4-8(5-13(7)18)14(20)19-9-2-3-10(15)11(16)6-9/h2-6H,18H2,1H3,(H,19,20). The van der Waals surface area contributed by atoms with Gasteiger partial charge in [-0.3, -0.25) is 4.79 Å². The Kier molecular flexibility index (Phi) is 4.30. The highest BCUT2D eigenvalue weighted by molar-refractivity contribution is 9.10. The Labute approximate surface area is 129 Å². The van der Waals surface area contributed by atoms with Crippen molar-refractivity contribution in [3.8, 4) is 0 Å². The van der Waals surface area contributed by atoms with Crippen LogP contribution in [0.4, 0.5) is 15.8 Å². The molecule has 3 N–H and O–H groups in total. The lowest BCUT2D eigenvalue weighted by molar-refractivity contribution is 0.102. The van der Waals surface area contributed by atoms with E-state index in [0.717, 1.165) is 10.5 Å². The zero-order valence-electron chi connectivity index (χ0n) is 10.5. The Bertz CT molecular complexity index is 668. The number of carbonyl (C=O) groups excluding carboxylic acids is 1. The van der Waals surface area contributed by atoms with Gasteiger partial charge in [0.15, 0.2) is 0 Å². The summed E-state index contributed by atoms with van der Waals surface area (Å²) in [6.45, 7) is 1.56. The van der Waals surface area contributed by atoms with Crippen LogP contribution in [0.5, 0.6) is 0 Å². The van der Waals surface area contributed by atoms with E-state index >= 15 is 0 Å². The van der Waals surface area contributed by atoms with E-state index in [-0.39, 0.29) is 11.3 Å². The molecule has 0 spiro atoms. The van der Waals surface area contributed by atoms with Crippen molar-refractivity contribution in [2.24, 2.45) is 0 Å². The molecule has 20 heavy (non-hydrogen) atoms. The summed E-state index contributed by atoms with van der Waals surface area (Å²) in [4.78, 5) is 12.0. The molecular formula is C14H11BrClFN2O. The van der Waals surface area contributed by atoms with Gasteiger partial charge in [0.25, 0.3) is 5.91 Å². The van der Waals surface area contributed by atoms with Crippen molar-refractivity contribution in [3.63, 3.8) is 0 Å². The molecule has 0 radical (unpaired) electrons. The van der Waals surface area contributed by atoms with Gasteiger partial charge >= 0.3 is 0 Å². The van der Waals surface area contributed by atoms with Crippen LogP contribution in [-0.4, -0.2) is 5.91 Å². The van der Waals surface area contributed by atoms with Crippen LogP contribution in [0.3, 0.4) is 0 Å². The van der Waals surface area contributed by atoms with Crippen molar-refractivity contribution >= 4 is 44.8 Å². The SMILES string of the molecule is Cc1c(N)cc(C(=O)Nc2ccc(Br)c(Cl)c2)cc1F. The average Bonchev–Trinajstić information content (AvgIpc) is 2.39. The third kappa shape index (κ3) is 3.11. The van der Waals surface area contributed by atoms with Gasteiger partial charge in [-0.15, -0.1) is 0 Å². The van der Waals surface area contributed by atoms with Gasteiger partial charge < -0.3 is 11.1 Å². The first-order valence-corrected chi connectivity index (χ1v) is 6.87. The number of nitrogens with one attached hydrogen (secondary N) is 1. The number of amides is 1. The topological polar surface area (TPSA) is 55.1 Å². The summed E-state index contributed by atoms with van der Waals surface area (Å²) in [6, 6.07) is 7.58. The molecule has 0 aromatic heterocycles. The van der Waals surface area contributed by atoms with Gasteiger partial charge in [-0.25, -0.2) is 4.39 Å². The molecule has 0 saturated carbocycles. The van der Waals surface area contributed by atoms with Crippen molar-refractivity contribution in [1.82, 2.24) is 0 Å².